The van der Waals surface area contributed by atoms with E-state index in [1.54, 1.807) is 0 Å². The molecule has 0 atom stereocenters. The summed E-state index contributed by atoms with van der Waals surface area (Å²) in [6.07, 6.45) is 10.2. The van der Waals surface area contributed by atoms with E-state index in [1.807, 2.05) is 0 Å². The lowest BCUT2D eigenvalue weighted by Crippen LogP contribution is -2.37. The minimum atomic E-state index is -0.798. The normalized spacial score (nSPS) is 18.9. The van der Waals surface area contributed by atoms with Crippen LogP contribution in [0.5, 0.6) is 0 Å². The van der Waals surface area contributed by atoms with Crippen LogP contribution in [0.3, 0.4) is 0 Å². The van der Waals surface area contributed by atoms with Gasteiger partial charge >= 0.3 is 6.09 Å². The van der Waals surface area contributed by atoms with Gasteiger partial charge in [0.05, 0.1) is 5.69 Å². The Balaban J connectivity index is 1.41. The Labute approximate surface area is 153 Å². The van der Waals surface area contributed by atoms with Gasteiger partial charge in [-0.15, -0.1) is 0 Å². The number of nitrogens with zero attached hydrogens (tertiary/aromatic N) is 2. The third kappa shape index (κ3) is 3.62. The molecule has 1 aromatic heterocycles. The van der Waals surface area contributed by atoms with Crippen LogP contribution in [-0.4, -0.2) is 34.3 Å². The number of carboxylic acid groups (broad SMARTS) is 1. The number of allylic oxidation sites excluding steroid dienone is 1. The SMILES string of the molecule is Cc1c(C=CC2CC2)ccc2c(CCC3CCN(C(=O)O)CC3)noc12. The quantitative estimate of drug-likeness (QED) is 0.831. The molecule has 26 heavy (non-hydrogen) atoms. The number of aromatic nitrogens is 1. The largest absolute Gasteiger partial charge is 0.465 e. The molecule has 2 heterocycles. The fourth-order valence-electron chi connectivity index (χ4n) is 3.84. The predicted molar refractivity (Wildman–Crippen MR) is 101 cm³/mol. The number of fused-ring (bicyclic) bond motifs is 1. The molecule has 1 aliphatic heterocycles. The Morgan fingerprint density at radius 1 is 1.31 bits per heavy atom. The number of carbonyl (C=O) groups is 1. The monoisotopic (exact) mass is 354 g/mol. The summed E-state index contributed by atoms with van der Waals surface area (Å²) in [5, 5.41) is 14.5. The Morgan fingerprint density at radius 3 is 2.77 bits per heavy atom. The Bertz CT molecular complexity index is 827. The molecule has 0 radical (unpaired) electrons. The second kappa shape index (κ2) is 7.14. The van der Waals surface area contributed by atoms with Gasteiger partial charge in [-0.25, -0.2) is 4.79 Å². The number of benzene rings is 1. The third-order valence-electron chi connectivity index (χ3n) is 5.85. The molecule has 4 rings (SSSR count). The average Bonchev–Trinajstić information content (AvgIpc) is 3.38. The minimum Gasteiger partial charge on any atom is -0.465 e. The zero-order valence-corrected chi connectivity index (χ0v) is 15.3. The highest BCUT2D eigenvalue weighted by Crippen LogP contribution is 2.32. The number of rotatable bonds is 5. The predicted octanol–water partition coefficient (Wildman–Crippen LogP) is 4.88. The summed E-state index contributed by atoms with van der Waals surface area (Å²) in [6.45, 7) is 3.40. The van der Waals surface area contributed by atoms with Crippen LogP contribution in [0.1, 0.15) is 48.9 Å². The van der Waals surface area contributed by atoms with Crippen molar-refractivity contribution in [1.29, 1.82) is 0 Å². The second-order valence-corrected chi connectivity index (χ2v) is 7.73. The molecule has 0 spiro atoms. The Kier molecular flexibility index (Phi) is 4.70. The number of piperidine rings is 1. The van der Waals surface area contributed by atoms with Crippen LogP contribution in [0, 0.1) is 18.8 Å². The van der Waals surface area contributed by atoms with Crippen molar-refractivity contribution in [2.24, 2.45) is 11.8 Å². The van der Waals surface area contributed by atoms with E-state index in [0.717, 1.165) is 53.8 Å². The Morgan fingerprint density at radius 2 is 2.08 bits per heavy atom. The first-order valence-electron chi connectivity index (χ1n) is 9.65. The summed E-state index contributed by atoms with van der Waals surface area (Å²) < 4.78 is 5.66. The summed E-state index contributed by atoms with van der Waals surface area (Å²) in [4.78, 5) is 12.5. The maximum Gasteiger partial charge on any atom is 0.407 e. The third-order valence-corrected chi connectivity index (χ3v) is 5.85. The van der Waals surface area contributed by atoms with Gasteiger partial charge in [0.2, 0.25) is 0 Å². The van der Waals surface area contributed by atoms with Crippen molar-refractivity contribution in [3.05, 3.63) is 35.0 Å². The molecule has 1 aromatic carbocycles. The van der Waals surface area contributed by atoms with Gasteiger partial charge < -0.3 is 14.5 Å². The molecule has 1 N–H and O–H groups in total. The van der Waals surface area contributed by atoms with E-state index in [4.69, 9.17) is 9.63 Å². The molecule has 2 aromatic rings. The summed E-state index contributed by atoms with van der Waals surface area (Å²) in [7, 11) is 0. The molecule has 1 aliphatic carbocycles. The summed E-state index contributed by atoms with van der Waals surface area (Å²) >= 11 is 0. The average molecular weight is 354 g/mol. The molecule has 0 unspecified atom stereocenters. The zero-order chi connectivity index (χ0) is 18.1. The second-order valence-electron chi connectivity index (χ2n) is 7.73. The zero-order valence-electron chi connectivity index (χ0n) is 15.3. The number of aryl methyl sites for hydroxylation is 2. The summed E-state index contributed by atoms with van der Waals surface area (Å²) in [5.74, 6) is 1.34. The smallest absolute Gasteiger partial charge is 0.407 e. The number of likely N-dealkylation sites (tertiary alicyclic amines) is 1. The fraction of sp³-hybridized carbons (Fsp3) is 0.524. The summed E-state index contributed by atoms with van der Waals surface area (Å²) in [5.41, 5.74) is 4.31. The van der Waals surface area contributed by atoms with Gasteiger partial charge in [-0.05, 0) is 68.9 Å². The highest BCUT2D eigenvalue weighted by molar-refractivity contribution is 5.85. The van der Waals surface area contributed by atoms with E-state index >= 15 is 0 Å². The van der Waals surface area contributed by atoms with Crippen LogP contribution in [0.25, 0.3) is 17.0 Å². The Hall–Kier alpha value is -2.30. The first kappa shape index (κ1) is 17.1. The molecule has 2 fully saturated rings. The van der Waals surface area contributed by atoms with Gasteiger partial charge in [-0.3, -0.25) is 0 Å². The van der Waals surface area contributed by atoms with Crippen LogP contribution in [0.2, 0.25) is 0 Å². The van der Waals surface area contributed by atoms with E-state index in [9.17, 15) is 4.79 Å². The van der Waals surface area contributed by atoms with Gasteiger partial charge in [0, 0.05) is 24.0 Å². The fourth-order valence-corrected chi connectivity index (χ4v) is 3.84. The van der Waals surface area contributed by atoms with Gasteiger partial charge in [0.15, 0.2) is 5.58 Å². The lowest BCUT2D eigenvalue weighted by Gasteiger charge is -2.29. The topological polar surface area (TPSA) is 66.6 Å². The molecule has 138 valence electrons. The molecular weight excluding hydrogens is 328 g/mol. The maximum absolute atomic E-state index is 11.0. The van der Waals surface area contributed by atoms with E-state index in [1.165, 1.54) is 23.3 Å². The van der Waals surface area contributed by atoms with Gasteiger partial charge in [-0.2, -0.15) is 0 Å². The standard InChI is InChI=1S/C21H26N2O3/c1-14-17(6-4-15-2-3-15)7-8-18-19(22-26-20(14)18)9-5-16-10-12-23(13-11-16)21(24)25/h4,6-8,15-16H,2-3,5,9-13H2,1H3,(H,24,25). The van der Waals surface area contributed by atoms with Crippen LogP contribution in [0.4, 0.5) is 4.79 Å². The maximum atomic E-state index is 11.0. The lowest BCUT2D eigenvalue weighted by atomic mass is 9.91. The van der Waals surface area contributed by atoms with Crippen molar-refractivity contribution in [3.63, 3.8) is 0 Å². The van der Waals surface area contributed by atoms with E-state index in [2.05, 4.69) is 36.4 Å². The molecule has 5 heteroatoms. The van der Waals surface area contributed by atoms with E-state index in [0.29, 0.717) is 19.0 Å². The van der Waals surface area contributed by atoms with Crippen LogP contribution >= 0.6 is 0 Å². The lowest BCUT2D eigenvalue weighted by molar-refractivity contribution is 0.123. The van der Waals surface area contributed by atoms with Crippen LogP contribution in [-0.2, 0) is 6.42 Å². The molecule has 5 nitrogen and oxygen atoms in total. The first-order chi connectivity index (χ1) is 12.6. The summed E-state index contributed by atoms with van der Waals surface area (Å²) in [6, 6.07) is 4.30. The van der Waals surface area contributed by atoms with Gasteiger partial charge in [-0.1, -0.05) is 23.4 Å². The molecule has 1 saturated carbocycles. The van der Waals surface area contributed by atoms with E-state index in [-0.39, 0.29) is 0 Å². The van der Waals surface area contributed by atoms with Gasteiger partial charge in [0.1, 0.15) is 0 Å². The van der Waals surface area contributed by atoms with Crippen molar-refractivity contribution in [2.75, 3.05) is 13.1 Å². The molecule has 1 amide bonds. The molecule has 2 aliphatic rings. The van der Waals surface area contributed by atoms with Crippen molar-refractivity contribution in [2.45, 2.75) is 45.4 Å². The van der Waals surface area contributed by atoms with Crippen molar-refractivity contribution in [1.82, 2.24) is 10.1 Å². The minimum absolute atomic E-state index is 0.569. The molecule has 1 saturated heterocycles. The molecule has 0 bridgehead atoms. The number of amides is 1. The highest BCUT2D eigenvalue weighted by atomic mass is 16.5. The van der Waals surface area contributed by atoms with Crippen LogP contribution in [0.15, 0.2) is 22.7 Å². The molecular formula is C21H26N2O3. The first-order valence-corrected chi connectivity index (χ1v) is 9.65. The van der Waals surface area contributed by atoms with Crippen LogP contribution < -0.4 is 0 Å². The van der Waals surface area contributed by atoms with Crippen molar-refractivity contribution < 1.29 is 14.4 Å². The number of hydrogen-bond acceptors (Lipinski definition) is 3. The van der Waals surface area contributed by atoms with Crippen molar-refractivity contribution in [3.8, 4) is 0 Å². The number of hydrogen-bond donors (Lipinski definition) is 1. The van der Waals surface area contributed by atoms with Crippen molar-refractivity contribution >= 4 is 23.1 Å². The highest BCUT2D eigenvalue weighted by Gasteiger charge is 2.23. The van der Waals surface area contributed by atoms with E-state index < -0.39 is 6.09 Å². The van der Waals surface area contributed by atoms with Gasteiger partial charge in [0.25, 0.3) is 0 Å².